The standard InChI is InChI=1S/C28H30N2O/c1-4-30-16-15-24-25(17-30)28(21-9-12-22(13-10-21)31-18-19(2)3)29-26-14-11-20-7-5-6-8-23(20)27(24)26/h5-14,19H,4,15-18H2,1-3H3. The predicted octanol–water partition coefficient (Wildman–Crippen LogP) is 6.47. The Morgan fingerprint density at radius 2 is 1.77 bits per heavy atom. The van der Waals surface area contributed by atoms with E-state index in [4.69, 9.17) is 9.72 Å². The molecule has 1 aliphatic rings. The Morgan fingerprint density at radius 1 is 0.968 bits per heavy atom. The van der Waals surface area contributed by atoms with Crippen LogP contribution in [0.15, 0.2) is 60.7 Å². The Balaban J connectivity index is 1.67. The summed E-state index contributed by atoms with van der Waals surface area (Å²) in [6.45, 7) is 10.4. The molecule has 0 aliphatic carbocycles. The smallest absolute Gasteiger partial charge is 0.119 e. The van der Waals surface area contributed by atoms with Crippen LogP contribution in [0, 0.1) is 5.92 Å². The lowest BCUT2D eigenvalue weighted by Crippen LogP contribution is -2.31. The molecule has 0 saturated heterocycles. The average molecular weight is 411 g/mol. The number of likely N-dealkylation sites (N-methyl/N-ethyl adjacent to an activating group) is 1. The van der Waals surface area contributed by atoms with Gasteiger partial charge in [0.25, 0.3) is 0 Å². The molecule has 1 aliphatic heterocycles. The van der Waals surface area contributed by atoms with Gasteiger partial charge in [-0.25, -0.2) is 4.98 Å². The van der Waals surface area contributed by atoms with Gasteiger partial charge < -0.3 is 4.74 Å². The van der Waals surface area contributed by atoms with E-state index in [-0.39, 0.29) is 0 Å². The first-order valence-corrected chi connectivity index (χ1v) is 11.4. The molecule has 0 radical (unpaired) electrons. The van der Waals surface area contributed by atoms with E-state index in [2.05, 4.69) is 86.3 Å². The van der Waals surface area contributed by atoms with Gasteiger partial charge in [-0.2, -0.15) is 0 Å². The van der Waals surface area contributed by atoms with Gasteiger partial charge in [0.1, 0.15) is 5.75 Å². The highest BCUT2D eigenvalue weighted by molar-refractivity contribution is 6.09. The second-order valence-electron chi connectivity index (χ2n) is 8.95. The Kier molecular flexibility index (Phi) is 5.37. The zero-order valence-electron chi connectivity index (χ0n) is 18.7. The van der Waals surface area contributed by atoms with Crippen LogP contribution in [-0.2, 0) is 13.0 Å². The van der Waals surface area contributed by atoms with Crippen LogP contribution in [0.1, 0.15) is 31.9 Å². The van der Waals surface area contributed by atoms with E-state index in [1.54, 1.807) is 0 Å². The second-order valence-corrected chi connectivity index (χ2v) is 8.95. The number of benzene rings is 3. The van der Waals surface area contributed by atoms with E-state index in [0.717, 1.165) is 49.6 Å². The zero-order valence-corrected chi connectivity index (χ0v) is 18.7. The Bertz CT molecular complexity index is 1230. The molecule has 3 aromatic carbocycles. The van der Waals surface area contributed by atoms with Crippen LogP contribution in [0.4, 0.5) is 0 Å². The topological polar surface area (TPSA) is 25.4 Å². The lowest BCUT2D eigenvalue weighted by atomic mass is 9.89. The van der Waals surface area contributed by atoms with Crippen LogP contribution in [0.2, 0.25) is 0 Å². The van der Waals surface area contributed by atoms with E-state index in [0.29, 0.717) is 5.92 Å². The van der Waals surface area contributed by atoms with Crippen LogP contribution in [-0.4, -0.2) is 29.6 Å². The first kappa shape index (κ1) is 20.0. The number of pyridine rings is 1. The van der Waals surface area contributed by atoms with Crippen molar-refractivity contribution in [3.8, 4) is 17.0 Å². The number of fused-ring (bicyclic) bond motifs is 5. The molecule has 5 rings (SSSR count). The summed E-state index contributed by atoms with van der Waals surface area (Å²) in [5.74, 6) is 1.44. The van der Waals surface area contributed by atoms with Gasteiger partial charge >= 0.3 is 0 Å². The lowest BCUT2D eigenvalue weighted by molar-refractivity contribution is 0.269. The minimum atomic E-state index is 0.517. The lowest BCUT2D eigenvalue weighted by Gasteiger charge is -2.30. The molecule has 0 saturated carbocycles. The van der Waals surface area contributed by atoms with Crippen molar-refractivity contribution in [3.63, 3.8) is 0 Å². The Morgan fingerprint density at radius 3 is 2.55 bits per heavy atom. The molecule has 158 valence electrons. The molecule has 3 heteroatoms. The van der Waals surface area contributed by atoms with E-state index in [1.165, 1.54) is 32.8 Å². The summed E-state index contributed by atoms with van der Waals surface area (Å²) in [4.78, 5) is 7.73. The predicted molar refractivity (Wildman–Crippen MR) is 130 cm³/mol. The maximum atomic E-state index is 5.90. The number of rotatable bonds is 5. The van der Waals surface area contributed by atoms with E-state index >= 15 is 0 Å². The number of nitrogens with zero attached hydrogens (tertiary/aromatic N) is 2. The Hall–Kier alpha value is -2.91. The van der Waals surface area contributed by atoms with Crippen molar-refractivity contribution in [3.05, 3.63) is 71.8 Å². The number of hydrogen-bond donors (Lipinski definition) is 0. The van der Waals surface area contributed by atoms with Gasteiger partial charge in [0.15, 0.2) is 0 Å². The van der Waals surface area contributed by atoms with Gasteiger partial charge in [-0.05, 0) is 71.1 Å². The van der Waals surface area contributed by atoms with Crippen LogP contribution >= 0.6 is 0 Å². The molecular formula is C28H30N2O. The summed E-state index contributed by atoms with van der Waals surface area (Å²) in [6, 6.07) is 21.6. The van der Waals surface area contributed by atoms with Crippen molar-refractivity contribution in [2.75, 3.05) is 19.7 Å². The van der Waals surface area contributed by atoms with Crippen LogP contribution in [0.25, 0.3) is 32.9 Å². The van der Waals surface area contributed by atoms with Crippen molar-refractivity contribution in [1.82, 2.24) is 9.88 Å². The maximum absolute atomic E-state index is 5.90. The van der Waals surface area contributed by atoms with E-state index in [1.807, 2.05) is 0 Å². The number of hydrogen-bond acceptors (Lipinski definition) is 3. The highest BCUT2D eigenvalue weighted by Crippen LogP contribution is 2.37. The summed E-state index contributed by atoms with van der Waals surface area (Å²) < 4.78 is 5.90. The van der Waals surface area contributed by atoms with Crippen LogP contribution in [0.5, 0.6) is 5.75 Å². The van der Waals surface area contributed by atoms with Crippen molar-refractivity contribution in [1.29, 1.82) is 0 Å². The zero-order chi connectivity index (χ0) is 21.4. The normalized spacial score (nSPS) is 14.3. The van der Waals surface area contributed by atoms with Crippen molar-refractivity contribution in [2.24, 2.45) is 5.92 Å². The minimum Gasteiger partial charge on any atom is -0.493 e. The monoisotopic (exact) mass is 410 g/mol. The van der Waals surface area contributed by atoms with Gasteiger partial charge in [-0.3, -0.25) is 4.90 Å². The molecule has 1 aromatic heterocycles. The Labute approximate surface area is 184 Å². The van der Waals surface area contributed by atoms with E-state index in [9.17, 15) is 0 Å². The number of aromatic nitrogens is 1. The third kappa shape index (κ3) is 3.79. The summed E-state index contributed by atoms with van der Waals surface area (Å²) in [5, 5.41) is 3.94. The third-order valence-electron chi connectivity index (χ3n) is 6.31. The first-order chi connectivity index (χ1) is 15.1. The van der Waals surface area contributed by atoms with Gasteiger partial charge in [0.05, 0.1) is 17.8 Å². The average Bonchev–Trinajstić information content (AvgIpc) is 2.81. The van der Waals surface area contributed by atoms with Gasteiger partial charge in [0.2, 0.25) is 0 Å². The fourth-order valence-corrected chi connectivity index (χ4v) is 4.65. The van der Waals surface area contributed by atoms with Crippen molar-refractivity contribution >= 4 is 21.7 Å². The molecule has 0 amide bonds. The highest BCUT2D eigenvalue weighted by Gasteiger charge is 2.23. The molecule has 0 fully saturated rings. The minimum absolute atomic E-state index is 0.517. The first-order valence-electron chi connectivity index (χ1n) is 11.4. The summed E-state index contributed by atoms with van der Waals surface area (Å²) in [6.07, 6.45) is 1.07. The molecule has 31 heavy (non-hydrogen) atoms. The van der Waals surface area contributed by atoms with Crippen molar-refractivity contribution < 1.29 is 4.74 Å². The summed E-state index contributed by atoms with van der Waals surface area (Å²) in [7, 11) is 0. The summed E-state index contributed by atoms with van der Waals surface area (Å²) in [5.41, 5.74) is 6.24. The molecule has 0 unspecified atom stereocenters. The molecule has 3 nitrogen and oxygen atoms in total. The largest absolute Gasteiger partial charge is 0.493 e. The van der Waals surface area contributed by atoms with Gasteiger partial charge in [-0.15, -0.1) is 0 Å². The SMILES string of the molecule is CCN1CCc2c(c(-c3ccc(OCC(C)C)cc3)nc3ccc4ccccc4c23)C1. The van der Waals surface area contributed by atoms with Crippen LogP contribution < -0.4 is 4.74 Å². The molecule has 0 N–H and O–H groups in total. The molecular weight excluding hydrogens is 380 g/mol. The fraction of sp³-hybridized carbons (Fsp3) is 0.321. The second kappa shape index (κ2) is 8.32. The van der Waals surface area contributed by atoms with Crippen LogP contribution in [0.3, 0.4) is 0 Å². The summed E-state index contributed by atoms with van der Waals surface area (Å²) >= 11 is 0. The quantitative estimate of drug-likeness (QED) is 0.353. The molecule has 0 bridgehead atoms. The highest BCUT2D eigenvalue weighted by atomic mass is 16.5. The maximum Gasteiger partial charge on any atom is 0.119 e. The molecule has 0 spiro atoms. The van der Waals surface area contributed by atoms with E-state index < -0.39 is 0 Å². The molecule has 4 aromatic rings. The molecule has 0 atom stereocenters. The van der Waals surface area contributed by atoms with Crippen molar-refractivity contribution in [2.45, 2.75) is 33.7 Å². The number of ether oxygens (including phenoxy) is 1. The van der Waals surface area contributed by atoms with Gasteiger partial charge in [0, 0.05) is 24.0 Å². The van der Waals surface area contributed by atoms with Gasteiger partial charge in [-0.1, -0.05) is 51.1 Å². The molecule has 2 heterocycles. The fourth-order valence-electron chi connectivity index (χ4n) is 4.65. The third-order valence-corrected chi connectivity index (χ3v) is 6.31.